The molecule has 8 nitrogen and oxygen atoms in total. The zero-order valence-corrected chi connectivity index (χ0v) is 14.4. The number of aliphatic hydroxyl groups excluding tert-OH is 3. The van der Waals surface area contributed by atoms with Crippen molar-refractivity contribution in [3.63, 3.8) is 0 Å². The van der Waals surface area contributed by atoms with Crippen LogP contribution >= 0.6 is 0 Å². The maximum absolute atomic E-state index is 10.7. The van der Waals surface area contributed by atoms with Gasteiger partial charge in [-0.05, 0) is 11.6 Å². The van der Waals surface area contributed by atoms with Crippen molar-refractivity contribution in [3.8, 4) is 0 Å². The van der Waals surface area contributed by atoms with Crippen molar-refractivity contribution < 1.29 is 35.1 Å². The van der Waals surface area contributed by atoms with Gasteiger partial charge >= 0.3 is 11.9 Å². The summed E-state index contributed by atoms with van der Waals surface area (Å²) in [5.41, 5.74) is 0.538. The summed E-state index contributed by atoms with van der Waals surface area (Å²) in [5.74, 6) is -2.55. The molecule has 0 saturated heterocycles. The average molecular weight is 367 g/mol. The van der Waals surface area contributed by atoms with Crippen molar-refractivity contribution in [2.45, 2.75) is 0 Å². The van der Waals surface area contributed by atoms with E-state index in [1.54, 1.807) is 35.2 Å². The molecular weight excluding hydrogens is 342 g/mol. The number of aliphatic hydroxyl groups is 3. The van der Waals surface area contributed by atoms with E-state index in [2.05, 4.69) is 0 Å². The Balaban J connectivity index is 0.000000541. The largest absolute Gasteiger partial charge is 0.478 e. The van der Waals surface area contributed by atoms with Crippen molar-refractivity contribution in [2.75, 3.05) is 39.5 Å². The molecule has 5 N–H and O–H groups in total. The highest BCUT2D eigenvalue weighted by atomic mass is 16.4. The fourth-order valence-corrected chi connectivity index (χ4v) is 1.82. The van der Waals surface area contributed by atoms with Crippen LogP contribution in [-0.4, -0.2) is 81.8 Å². The Labute approximate surface area is 151 Å². The Morgan fingerprint density at radius 2 is 1.38 bits per heavy atom. The van der Waals surface area contributed by atoms with Gasteiger partial charge in [-0.2, -0.15) is 0 Å². The first-order valence-electron chi connectivity index (χ1n) is 7.90. The number of carboxylic acid groups (broad SMARTS) is 2. The molecule has 0 radical (unpaired) electrons. The van der Waals surface area contributed by atoms with Crippen LogP contribution in [0.3, 0.4) is 0 Å². The first-order valence-corrected chi connectivity index (χ1v) is 7.90. The highest BCUT2D eigenvalue weighted by Gasteiger charge is 2.05. The average Bonchev–Trinajstić information content (AvgIpc) is 2.60. The number of rotatable bonds is 10. The van der Waals surface area contributed by atoms with Crippen LogP contribution < -0.4 is 0 Å². The summed E-state index contributed by atoms with van der Waals surface area (Å²) in [6, 6.07) is 9.03. The molecule has 1 aromatic carbocycles. The van der Waals surface area contributed by atoms with Crippen molar-refractivity contribution in [1.29, 1.82) is 0 Å². The van der Waals surface area contributed by atoms with Crippen molar-refractivity contribution in [1.82, 2.24) is 4.90 Å². The number of carbonyl (C=O) groups is 2. The molecule has 0 aromatic heterocycles. The lowest BCUT2D eigenvalue weighted by atomic mass is 10.1. The van der Waals surface area contributed by atoms with Crippen LogP contribution in [0.4, 0.5) is 0 Å². The van der Waals surface area contributed by atoms with Crippen LogP contribution in [0.15, 0.2) is 48.1 Å². The SMILES string of the molecule is O=C(O)/C=C(/C=Cc1ccccc1)C(=O)O.OCCN(CCO)CCO. The van der Waals surface area contributed by atoms with Crippen LogP contribution in [0.1, 0.15) is 5.56 Å². The van der Waals surface area contributed by atoms with Crippen LogP contribution in [0, 0.1) is 0 Å². The maximum atomic E-state index is 10.7. The second-order valence-electron chi connectivity index (χ2n) is 5.00. The predicted molar refractivity (Wildman–Crippen MR) is 96.5 cm³/mol. The summed E-state index contributed by atoms with van der Waals surface area (Å²) in [6.45, 7) is 1.75. The van der Waals surface area contributed by atoms with E-state index < -0.39 is 11.9 Å². The second-order valence-corrected chi connectivity index (χ2v) is 5.00. The molecule has 0 aliphatic rings. The Bertz CT molecular complexity index is 570. The van der Waals surface area contributed by atoms with E-state index in [4.69, 9.17) is 25.5 Å². The summed E-state index contributed by atoms with van der Waals surface area (Å²) in [5, 5.41) is 42.6. The van der Waals surface area contributed by atoms with Gasteiger partial charge in [-0.15, -0.1) is 0 Å². The molecule has 0 unspecified atom stereocenters. The second kappa shape index (κ2) is 14.8. The van der Waals surface area contributed by atoms with Gasteiger partial charge in [-0.25, -0.2) is 9.59 Å². The molecule has 0 aliphatic carbocycles. The van der Waals surface area contributed by atoms with E-state index in [0.717, 1.165) is 5.56 Å². The number of hydrogen-bond donors (Lipinski definition) is 5. The minimum atomic E-state index is -1.28. The summed E-state index contributed by atoms with van der Waals surface area (Å²) < 4.78 is 0. The monoisotopic (exact) mass is 367 g/mol. The van der Waals surface area contributed by atoms with Gasteiger partial charge in [0, 0.05) is 25.7 Å². The molecule has 0 spiro atoms. The molecule has 0 fully saturated rings. The Morgan fingerprint density at radius 1 is 0.885 bits per heavy atom. The van der Waals surface area contributed by atoms with Gasteiger partial charge in [-0.1, -0.05) is 36.4 Å². The van der Waals surface area contributed by atoms with E-state index in [9.17, 15) is 9.59 Å². The van der Waals surface area contributed by atoms with Crippen molar-refractivity contribution >= 4 is 18.0 Å². The Kier molecular flexibility index (Phi) is 13.4. The van der Waals surface area contributed by atoms with Gasteiger partial charge in [0.2, 0.25) is 0 Å². The number of nitrogens with zero attached hydrogens (tertiary/aromatic N) is 1. The third-order valence-electron chi connectivity index (χ3n) is 3.03. The molecule has 144 valence electrons. The van der Waals surface area contributed by atoms with E-state index in [0.29, 0.717) is 25.7 Å². The number of hydrogen-bond acceptors (Lipinski definition) is 6. The molecule has 1 rings (SSSR count). The van der Waals surface area contributed by atoms with E-state index in [1.165, 1.54) is 6.08 Å². The van der Waals surface area contributed by atoms with Crippen molar-refractivity contribution in [3.05, 3.63) is 53.6 Å². The molecule has 0 saturated carbocycles. The minimum absolute atomic E-state index is 0.0694. The van der Waals surface area contributed by atoms with Crippen LogP contribution in [-0.2, 0) is 9.59 Å². The highest BCUT2D eigenvalue weighted by Crippen LogP contribution is 2.05. The molecule has 0 heterocycles. The zero-order valence-electron chi connectivity index (χ0n) is 14.4. The quantitative estimate of drug-likeness (QED) is 0.289. The van der Waals surface area contributed by atoms with E-state index in [-0.39, 0.29) is 25.4 Å². The molecule has 1 aromatic rings. The highest BCUT2D eigenvalue weighted by molar-refractivity contribution is 5.97. The smallest absolute Gasteiger partial charge is 0.335 e. The van der Waals surface area contributed by atoms with Crippen LogP contribution in [0.25, 0.3) is 6.08 Å². The predicted octanol–water partition coefficient (Wildman–Crippen LogP) is 0.0607. The fourth-order valence-electron chi connectivity index (χ4n) is 1.82. The van der Waals surface area contributed by atoms with Crippen LogP contribution in [0.5, 0.6) is 0 Å². The van der Waals surface area contributed by atoms with E-state index >= 15 is 0 Å². The third-order valence-corrected chi connectivity index (χ3v) is 3.03. The standard InChI is InChI=1S/C12H10O4.C6H15NO3/c13-11(14)8-10(12(15)16)7-6-9-4-2-1-3-5-9;8-4-1-7(2-5-9)3-6-10/h1-8H,(H,13,14)(H,15,16);8-10H,1-6H2/b7-6?,10-8-;. The lowest BCUT2D eigenvalue weighted by molar-refractivity contribution is -0.134. The number of carboxylic acids is 2. The first-order chi connectivity index (χ1) is 12.4. The third kappa shape index (κ3) is 11.9. The topological polar surface area (TPSA) is 139 Å². The normalized spacial score (nSPS) is 11.3. The van der Waals surface area contributed by atoms with Crippen LogP contribution in [0.2, 0.25) is 0 Å². The van der Waals surface area contributed by atoms with Gasteiger partial charge < -0.3 is 25.5 Å². The molecule has 8 heteroatoms. The lowest BCUT2D eigenvalue weighted by Gasteiger charge is -2.17. The molecule has 0 atom stereocenters. The molecule has 0 bridgehead atoms. The molecule has 0 amide bonds. The summed E-state index contributed by atoms with van der Waals surface area (Å²) >= 11 is 0. The van der Waals surface area contributed by atoms with Crippen molar-refractivity contribution in [2.24, 2.45) is 0 Å². The summed E-state index contributed by atoms with van der Waals surface area (Å²) in [7, 11) is 0. The first kappa shape index (κ1) is 23.5. The maximum Gasteiger partial charge on any atom is 0.335 e. The molecule has 26 heavy (non-hydrogen) atoms. The van der Waals surface area contributed by atoms with E-state index in [1.807, 2.05) is 6.07 Å². The Hall–Kier alpha value is -2.52. The fraction of sp³-hybridized carbons (Fsp3) is 0.333. The lowest BCUT2D eigenvalue weighted by Crippen LogP contribution is -2.32. The molecule has 0 aliphatic heterocycles. The number of benzene rings is 1. The Morgan fingerprint density at radius 3 is 1.77 bits per heavy atom. The summed E-state index contributed by atoms with van der Waals surface area (Å²) in [6.07, 6.45) is 3.45. The minimum Gasteiger partial charge on any atom is -0.478 e. The van der Waals surface area contributed by atoms with Gasteiger partial charge in [0.25, 0.3) is 0 Å². The van der Waals surface area contributed by atoms with Gasteiger partial charge in [0.1, 0.15) is 0 Å². The summed E-state index contributed by atoms with van der Waals surface area (Å²) in [4.78, 5) is 22.8. The van der Waals surface area contributed by atoms with Gasteiger partial charge in [0.15, 0.2) is 0 Å². The molecular formula is C18H25NO7. The van der Waals surface area contributed by atoms with Gasteiger partial charge in [0.05, 0.1) is 25.4 Å². The number of aliphatic carboxylic acids is 2. The van der Waals surface area contributed by atoms with Gasteiger partial charge in [-0.3, -0.25) is 4.90 Å². The zero-order chi connectivity index (χ0) is 19.8.